The fourth-order valence-corrected chi connectivity index (χ4v) is 3.55. The number of aromatic amines is 1. The molecule has 1 fully saturated rings. The summed E-state index contributed by atoms with van der Waals surface area (Å²) in [6, 6.07) is 6.10. The Hall–Kier alpha value is -1.32. The molecule has 2 unspecified atom stereocenters. The summed E-state index contributed by atoms with van der Waals surface area (Å²) in [7, 11) is 0. The number of likely N-dealkylation sites (tertiary alicyclic amines) is 1. The van der Waals surface area contributed by atoms with Gasteiger partial charge in [0.1, 0.15) is 6.54 Å². The van der Waals surface area contributed by atoms with Gasteiger partial charge in [0.15, 0.2) is 5.43 Å². The van der Waals surface area contributed by atoms with Crippen LogP contribution in [0.15, 0.2) is 23.0 Å². The van der Waals surface area contributed by atoms with Crippen LogP contribution in [-0.4, -0.2) is 17.6 Å². The number of H-pyrrole nitrogens is 1. The third kappa shape index (κ3) is 2.85. The van der Waals surface area contributed by atoms with Gasteiger partial charge in [0.2, 0.25) is 0 Å². The highest BCUT2D eigenvalue weighted by molar-refractivity contribution is 6.31. The average Bonchev–Trinajstić information content (AvgIpc) is 2.46. The van der Waals surface area contributed by atoms with Gasteiger partial charge in [-0.25, -0.2) is 0 Å². The minimum atomic E-state index is 0.133. The van der Waals surface area contributed by atoms with E-state index in [1.54, 1.807) is 6.07 Å². The first-order valence-corrected chi connectivity index (χ1v) is 8.09. The molecule has 1 aliphatic heterocycles. The van der Waals surface area contributed by atoms with Gasteiger partial charge in [0, 0.05) is 21.6 Å². The van der Waals surface area contributed by atoms with Gasteiger partial charge in [-0.1, -0.05) is 11.6 Å². The molecule has 2 heterocycles. The van der Waals surface area contributed by atoms with E-state index in [4.69, 9.17) is 11.6 Å². The number of hydrogen-bond donors (Lipinski definition) is 2. The number of nitrogens with one attached hydrogen (secondary N) is 2. The number of rotatable bonds is 2. The van der Waals surface area contributed by atoms with Crippen molar-refractivity contribution in [2.45, 2.75) is 45.7 Å². The van der Waals surface area contributed by atoms with Crippen molar-refractivity contribution in [2.75, 3.05) is 6.54 Å². The number of aromatic nitrogens is 1. The lowest BCUT2D eigenvalue weighted by Gasteiger charge is -2.30. The summed E-state index contributed by atoms with van der Waals surface area (Å²) in [6.07, 6.45) is 3.83. The normalized spacial score (nSPS) is 22.6. The Bertz CT molecular complexity index is 723. The van der Waals surface area contributed by atoms with Gasteiger partial charge in [-0.3, -0.25) is 4.79 Å². The van der Waals surface area contributed by atoms with Crippen molar-refractivity contribution in [3.63, 3.8) is 0 Å². The lowest BCUT2D eigenvalue weighted by atomic mass is 10.0. The average molecular weight is 306 g/mol. The van der Waals surface area contributed by atoms with Crippen molar-refractivity contribution in [1.82, 2.24) is 4.98 Å². The van der Waals surface area contributed by atoms with Crippen molar-refractivity contribution in [3.8, 4) is 0 Å². The standard InChI is InChI=1S/C17H21ClN2O/c1-11-5-3-4-8-20(11)10-15-12(2)19-16-7-6-13(18)9-14(16)17(15)21/h6-7,9,11H,3-5,8,10H2,1-2H3,(H,19,21)/p+1. The van der Waals surface area contributed by atoms with Crippen molar-refractivity contribution in [1.29, 1.82) is 0 Å². The van der Waals surface area contributed by atoms with Crippen LogP contribution >= 0.6 is 11.6 Å². The molecule has 1 aromatic carbocycles. The first kappa shape index (κ1) is 14.6. The molecule has 0 bridgehead atoms. The minimum Gasteiger partial charge on any atom is -0.358 e. The van der Waals surface area contributed by atoms with Crippen LogP contribution in [0.4, 0.5) is 0 Å². The van der Waals surface area contributed by atoms with Crippen molar-refractivity contribution >= 4 is 22.5 Å². The fourth-order valence-electron chi connectivity index (χ4n) is 3.38. The molecule has 2 aromatic rings. The lowest BCUT2D eigenvalue weighted by molar-refractivity contribution is -0.942. The number of halogens is 1. The van der Waals surface area contributed by atoms with Crippen molar-refractivity contribution in [2.24, 2.45) is 0 Å². The molecule has 1 aromatic heterocycles. The lowest BCUT2D eigenvalue weighted by Crippen LogP contribution is -3.15. The highest BCUT2D eigenvalue weighted by atomic mass is 35.5. The molecule has 21 heavy (non-hydrogen) atoms. The molecule has 0 amide bonds. The van der Waals surface area contributed by atoms with Gasteiger partial charge >= 0.3 is 0 Å². The Kier molecular flexibility index (Phi) is 4.05. The summed E-state index contributed by atoms with van der Waals surface area (Å²) < 4.78 is 0. The molecule has 3 rings (SSSR count). The second kappa shape index (κ2) is 5.82. The molecule has 112 valence electrons. The predicted molar refractivity (Wildman–Crippen MR) is 87.2 cm³/mol. The summed E-state index contributed by atoms with van der Waals surface area (Å²) in [6.45, 7) is 6.26. The molecule has 2 atom stereocenters. The Morgan fingerprint density at radius 3 is 2.95 bits per heavy atom. The molecule has 3 nitrogen and oxygen atoms in total. The molecule has 2 N–H and O–H groups in total. The quantitative estimate of drug-likeness (QED) is 0.878. The van der Waals surface area contributed by atoms with E-state index in [2.05, 4.69) is 11.9 Å². The zero-order valence-electron chi connectivity index (χ0n) is 12.6. The smallest absolute Gasteiger partial charge is 0.198 e. The van der Waals surface area contributed by atoms with Gasteiger partial charge in [0.25, 0.3) is 0 Å². The SMILES string of the molecule is Cc1[nH]c2ccc(Cl)cc2c(=O)c1C[NH+]1CCCCC1C. The zero-order valence-corrected chi connectivity index (χ0v) is 13.4. The van der Waals surface area contributed by atoms with Gasteiger partial charge < -0.3 is 9.88 Å². The molecule has 4 heteroatoms. The van der Waals surface area contributed by atoms with E-state index in [0.717, 1.165) is 29.9 Å². The highest BCUT2D eigenvalue weighted by Crippen LogP contribution is 2.16. The summed E-state index contributed by atoms with van der Waals surface area (Å²) in [5.41, 5.74) is 2.90. The molecule has 0 spiro atoms. The van der Waals surface area contributed by atoms with Crippen LogP contribution in [0.25, 0.3) is 10.9 Å². The summed E-state index contributed by atoms with van der Waals surface area (Å²) in [5, 5.41) is 1.31. The van der Waals surface area contributed by atoms with E-state index in [1.807, 2.05) is 19.1 Å². The van der Waals surface area contributed by atoms with Crippen LogP contribution in [0.3, 0.4) is 0 Å². The molecule has 1 aliphatic rings. The van der Waals surface area contributed by atoms with Gasteiger partial charge in [-0.2, -0.15) is 0 Å². The highest BCUT2D eigenvalue weighted by Gasteiger charge is 2.24. The third-order valence-corrected chi connectivity index (χ3v) is 5.00. The molecular weight excluding hydrogens is 284 g/mol. The van der Waals surface area contributed by atoms with E-state index in [1.165, 1.54) is 24.2 Å². The largest absolute Gasteiger partial charge is 0.358 e. The van der Waals surface area contributed by atoms with Crippen LogP contribution in [0.5, 0.6) is 0 Å². The van der Waals surface area contributed by atoms with Crippen LogP contribution in [0, 0.1) is 6.92 Å². The molecular formula is C17H22ClN2O+. The number of benzene rings is 1. The Morgan fingerprint density at radius 2 is 2.19 bits per heavy atom. The van der Waals surface area contributed by atoms with E-state index >= 15 is 0 Å². The van der Waals surface area contributed by atoms with Crippen LogP contribution in [0.1, 0.15) is 37.4 Å². The number of fused-ring (bicyclic) bond motifs is 1. The first-order chi connectivity index (χ1) is 10.1. The molecule has 0 aliphatic carbocycles. The van der Waals surface area contributed by atoms with Crippen molar-refractivity contribution < 1.29 is 4.90 Å². The van der Waals surface area contributed by atoms with Crippen LogP contribution in [-0.2, 0) is 6.54 Å². The minimum absolute atomic E-state index is 0.133. The number of piperidine rings is 1. The summed E-state index contributed by atoms with van der Waals surface area (Å²) >= 11 is 6.04. The summed E-state index contributed by atoms with van der Waals surface area (Å²) in [5.74, 6) is 0. The maximum absolute atomic E-state index is 12.8. The molecule has 0 saturated carbocycles. The molecule has 0 radical (unpaired) electrons. The Labute approximate surface area is 129 Å². The fraction of sp³-hybridized carbons (Fsp3) is 0.471. The predicted octanol–water partition coefficient (Wildman–Crippen LogP) is 2.45. The van der Waals surface area contributed by atoms with Gasteiger partial charge in [-0.15, -0.1) is 0 Å². The maximum Gasteiger partial charge on any atom is 0.198 e. The first-order valence-electron chi connectivity index (χ1n) is 7.72. The van der Waals surface area contributed by atoms with E-state index < -0.39 is 0 Å². The van der Waals surface area contributed by atoms with Gasteiger partial charge in [-0.05, 0) is 51.3 Å². The summed E-state index contributed by atoms with van der Waals surface area (Å²) in [4.78, 5) is 17.7. The van der Waals surface area contributed by atoms with Crippen molar-refractivity contribution in [3.05, 3.63) is 44.7 Å². The topological polar surface area (TPSA) is 37.3 Å². The Morgan fingerprint density at radius 1 is 1.38 bits per heavy atom. The van der Waals surface area contributed by atoms with Crippen LogP contribution in [0.2, 0.25) is 5.02 Å². The number of quaternary nitrogens is 1. The van der Waals surface area contributed by atoms with Gasteiger partial charge in [0.05, 0.1) is 18.2 Å². The third-order valence-electron chi connectivity index (χ3n) is 4.76. The van der Waals surface area contributed by atoms with E-state index in [9.17, 15) is 4.79 Å². The number of pyridine rings is 1. The Balaban J connectivity index is 2.03. The van der Waals surface area contributed by atoms with E-state index in [0.29, 0.717) is 16.5 Å². The zero-order chi connectivity index (χ0) is 15.0. The second-order valence-electron chi connectivity index (χ2n) is 6.23. The number of aryl methyl sites for hydroxylation is 1. The maximum atomic E-state index is 12.8. The number of hydrogen-bond acceptors (Lipinski definition) is 1. The van der Waals surface area contributed by atoms with E-state index in [-0.39, 0.29) is 5.43 Å². The monoisotopic (exact) mass is 305 g/mol. The second-order valence-corrected chi connectivity index (χ2v) is 6.67. The molecule has 1 saturated heterocycles. The van der Waals surface area contributed by atoms with Crippen LogP contribution < -0.4 is 10.3 Å².